The molecule has 4 heterocycles. The molecule has 0 spiro atoms. The maximum absolute atomic E-state index is 15.4. The van der Waals surface area contributed by atoms with Crippen molar-refractivity contribution >= 4 is 5.57 Å². The van der Waals surface area contributed by atoms with Crippen molar-refractivity contribution in [1.82, 2.24) is 25.1 Å². The van der Waals surface area contributed by atoms with E-state index >= 15 is 4.39 Å². The minimum atomic E-state index is -1.02. The molecule has 3 aromatic rings. The fourth-order valence-electron chi connectivity index (χ4n) is 5.19. The Morgan fingerprint density at radius 1 is 1.23 bits per heavy atom. The van der Waals surface area contributed by atoms with Crippen molar-refractivity contribution in [3.8, 4) is 22.7 Å². The second kappa shape index (κ2) is 6.99. The second-order valence-corrected chi connectivity index (χ2v) is 9.32. The Balaban J connectivity index is 1.39. The highest BCUT2D eigenvalue weighted by atomic mass is 19.1. The maximum Gasteiger partial charge on any atom is 0.127 e. The number of benzene rings is 1. The largest absolute Gasteiger partial charge is 0.507 e. The molecule has 6 nitrogen and oxygen atoms in total. The number of alkyl halides is 1. The third-order valence-electron chi connectivity index (χ3n) is 6.92. The van der Waals surface area contributed by atoms with Gasteiger partial charge in [0.05, 0.1) is 23.4 Å². The first-order valence-electron chi connectivity index (χ1n) is 10.6. The lowest BCUT2D eigenvalue weighted by Crippen LogP contribution is -2.60. The van der Waals surface area contributed by atoms with Crippen LogP contribution in [0.25, 0.3) is 22.5 Å². The van der Waals surface area contributed by atoms with E-state index in [9.17, 15) is 5.11 Å². The predicted molar refractivity (Wildman–Crippen MR) is 117 cm³/mol. The van der Waals surface area contributed by atoms with E-state index in [0.29, 0.717) is 28.9 Å². The van der Waals surface area contributed by atoms with Crippen LogP contribution >= 0.6 is 0 Å². The van der Waals surface area contributed by atoms with E-state index in [1.165, 1.54) is 0 Å². The number of phenols is 1. The van der Waals surface area contributed by atoms with Gasteiger partial charge in [0.2, 0.25) is 0 Å². The van der Waals surface area contributed by atoms with Crippen LogP contribution in [0.3, 0.4) is 0 Å². The number of piperidine rings is 1. The molecule has 0 amide bonds. The molecule has 2 aliphatic rings. The molecule has 0 aliphatic carbocycles. The van der Waals surface area contributed by atoms with Crippen LogP contribution in [0.1, 0.15) is 38.8 Å². The summed E-state index contributed by atoms with van der Waals surface area (Å²) in [6.45, 7) is 8.32. The van der Waals surface area contributed by atoms with Gasteiger partial charge >= 0.3 is 0 Å². The molecule has 0 saturated carbocycles. The van der Waals surface area contributed by atoms with Crippen LogP contribution in [0.15, 0.2) is 55.6 Å². The number of nitrogens with zero attached hydrogens (tertiary/aromatic N) is 4. The van der Waals surface area contributed by atoms with Crippen molar-refractivity contribution in [3.05, 3.63) is 61.3 Å². The molecule has 2 saturated heterocycles. The molecule has 2 aliphatic heterocycles. The van der Waals surface area contributed by atoms with E-state index in [1.54, 1.807) is 36.9 Å². The highest BCUT2D eigenvalue weighted by Gasteiger charge is 2.55. The van der Waals surface area contributed by atoms with Gasteiger partial charge in [-0.3, -0.25) is 0 Å². The minimum absolute atomic E-state index is 0.0684. The first-order valence-corrected chi connectivity index (χ1v) is 10.6. The minimum Gasteiger partial charge on any atom is -0.507 e. The molecule has 1 unspecified atom stereocenters. The zero-order valence-electron chi connectivity index (χ0n) is 17.7. The number of imidazole rings is 1. The first kappa shape index (κ1) is 19.9. The van der Waals surface area contributed by atoms with E-state index in [-0.39, 0.29) is 17.2 Å². The molecule has 2 fully saturated rings. The van der Waals surface area contributed by atoms with Crippen LogP contribution in [0.4, 0.5) is 4.39 Å². The molecule has 1 aromatic carbocycles. The smallest absolute Gasteiger partial charge is 0.127 e. The van der Waals surface area contributed by atoms with E-state index in [0.717, 1.165) is 18.5 Å². The molecule has 2 aromatic heterocycles. The topological polar surface area (TPSA) is 75.9 Å². The molecular formula is C24H26FN5O. The van der Waals surface area contributed by atoms with Crippen molar-refractivity contribution in [2.45, 2.75) is 50.4 Å². The summed E-state index contributed by atoms with van der Waals surface area (Å²) in [6.07, 6.45) is 6.62. The predicted octanol–water partition coefficient (Wildman–Crippen LogP) is 4.31. The number of fused-ring (bicyclic) bond motifs is 2. The fourth-order valence-corrected chi connectivity index (χ4v) is 5.19. The van der Waals surface area contributed by atoms with Crippen molar-refractivity contribution in [2.24, 2.45) is 5.92 Å². The van der Waals surface area contributed by atoms with E-state index in [2.05, 4.69) is 34.0 Å². The average Bonchev–Trinajstić information content (AvgIpc) is 3.38. The Kier molecular flexibility index (Phi) is 4.48. The summed E-state index contributed by atoms with van der Waals surface area (Å²) in [5.74, 6) is -0.187. The van der Waals surface area contributed by atoms with Crippen LogP contribution in [0.2, 0.25) is 0 Å². The number of nitrogens with one attached hydrogen (secondary N) is 1. The quantitative estimate of drug-likeness (QED) is 0.659. The molecule has 4 atom stereocenters. The summed E-state index contributed by atoms with van der Waals surface area (Å²) in [5, 5.41) is 22.6. The van der Waals surface area contributed by atoms with Gasteiger partial charge in [-0.1, -0.05) is 6.58 Å². The van der Waals surface area contributed by atoms with Gasteiger partial charge in [-0.25, -0.2) is 9.37 Å². The third kappa shape index (κ3) is 3.33. The standard InChI is InChI=1S/C24H26FN5O/c1-15(18-13-23(2)8-9-24(3,29-23)22(18)25)19-6-7-20(28-27-19)17-5-4-16(12-21(17)31)30-11-10-26-14-30/h4-7,10-12,14,18,22,29,31H,1,8-9,13H2,2-3H3/t18-,22?,23+,24-/m0/s1. The molecule has 2 N–H and O–H groups in total. The number of aromatic nitrogens is 4. The number of hydrogen-bond donors (Lipinski definition) is 2. The summed E-state index contributed by atoms with van der Waals surface area (Å²) >= 11 is 0. The van der Waals surface area contributed by atoms with E-state index in [1.807, 2.05) is 23.6 Å². The summed E-state index contributed by atoms with van der Waals surface area (Å²) in [6, 6.07) is 8.95. The second-order valence-electron chi connectivity index (χ2n) is 9.32. The molecule has 2 bridgehead atoms. The molecule has 0 radical (unpaired) electrons. The van der Waals surface area contributed by atoms with Gasteiger partial charge in [0.1, 0.15) is 11.9 Å². The number of halogens is 1. The Labute approximate surface area is 180 Å². The van der Waals surface area contributed by atoms with Gasteiger partial charge in [0.25, 0.3) is 0 Å². The summed E-state index contributed by atoms with van der Waals surface area (Å²) in [5.41, 5.74) is 2.63. The van der Waals surface area contributed by atoms with Crippen molar-refractivity contribution in [3.63, 3.8) is 0 Å². The lowest BCUT2D eigenvalue weighted by Gasteiger charge is -2.45. The fraction of sp³-hybridized carbons (Fsp3) is 0.375. The van der Waals surface area contributed by atoms with Crippen molar-refractivity contribution < 1.29 is 9.50 Å². The zero-order chi connectivity index (χ0) is 21.8. The van der Waals surface area contributed by atoms with Crippen LogP contribution in [0, 0.1) is 5.92 Å². The normalized spacial score (nSPS) is 29.8. The molecule has 31 heavy (non-hydrogen) atoms. The molecule has 160 valence electrons. The number of hydrogen-bond acceptors (Lipinski definition) is 5. The third-order valence-corrected chi connectivity index (χ3v) is 6.92. The molecule has 7 heteroatoms. The highest BCUT2D eigenvalue weighted by molar-refractivity contribution is 5.70. The van der Waals surface area contributed by atoms with Gasteiger partial charge in [-0.15, -0.1) is 5.10 Å². The number of rotatable bonds is 4. The average molecular weight is 420 g/mol. The van der Waals surface area contributed by atoms with Gasteiger partial charge in [0, 0.05) is 41.0 Å². The first-order chi connectivity index (χ1) is 14.8. The Morgan fingerprint density at radius 2 is 2.06 bits per heavy atom. The van der Waals surface area contributed by atoms with Gasteiger partial charge < -0.3 is 15.0 Å². The molecular weight excluding hydrogens is 393 g/mol. The van der Waals surface area contributed by atoms with Crippen LogP contribution in [0.5, 0.6) is 5.75 Å². The van der Waals surface area contributed by atoms with Crippen molar-refractivity contribution in [1.29, 1.82) is 0 Å². The lowest BCUT2D eigenvalue weighted by atomic mass is 9.75. The van der Waals surface area contributed by atoms with Crippen molar-refractivity contribution in [2.75, 3.05) is 0 Å². The monoisotopic (exact) mass is 419 g/mol. The molecule has 5 rings (SSSR count). The maximum atomic E-state index is 15.4. The Hall–Kier alpha value is -3.06. The van der Waals surface area contributed by atoms with Crippen LogP contribution in [-0.4, -0.2) is 42.1 Å². The van der Waals surface area contributed by atoms with Crippen LogP contribution in [-0.2, 0) is 0 Å². The van der Waals surface area contributed by atoms with Crippen LogP contribution < -0.4 is 5.32 Å². The van der Waals surface area contributed by atoms with Gasteiger partial charge in [-0.2, -0.15) is 5.10 Å². The van der Waals surface area contributed by atoms with Gasteiger partial charge in [0.15, 0.2) is 0 Å². The lowest BCUT2D eigenvalue weighted by molar-refractivity contribution is 0.0770. The number of allylic oxidation sites excluding steroid dienone is 1. The van der Waals surface area contributed by atoms with Gasteiger partial charge in [-0.05, 0) is 62.9 Å². The Morgan fingerprint density at radius 3 is 2.74 bits per heavy atom. The summed E-state index contributed by atoms with van der Waals surface area (Å²) in [4.78, 5) is 4.02. The zero-order valence-corrected chi connectivity index (χ0v) is 17.7. The highest BCUT2D eigenvalue weighted by Crippen LogP contribution is 2.49. The number of aromatic hydroxyl groups is 1. The summed E-state index contributed by atoms with van der Waals surface area (Å²) < 4.78 is 17.2. The Bertz CT molecular complexity index is 1130. The van der Waals surface area contributed by atoms with E-state index < -0.39 is 11.7 Å². The summed E-state index contributed by atoms with van der Waals surface area (Å²) in [7, 11) is 0. The number of phenolic OH excluding ortho intramolecular Hbond substituents is 1. The SMILES string of the molecule is C=C(c1ccc(-c2ccc(-n3ccnc3)cc2O)nn1)[C@@H]1C[C@@]2(C)CC[C@](C)(N2)C1F. The van der Waals surface area contributed by atoms with E-state index in [4.69, 9.17) is 0 Å².